The summed E-state index contributed by atoms with van der Waals surface area (Å²) in [6.07, 6.45) is 3.60. The van der Waals surface area contributed by atoms with Gasteiger partial charge in [0.15, 0.2) is 17.5 Å². The standard InChI is InChI=1S/C54H33N5O/c1-2-12-34(13-3-1)35-24-25-37-31-39(27-26-36(37)30-35)52-56-53(58-54(57-52)45-20-11-23-50-51(45)46-33-55-29-28-49(46)60-50)44-19-5-4-16-41(44)38-14-10-15-40(32-38)59-47-21-8-6-17-42(47)43-18-7-9-22-48(43)59/h1-33H. The van der Waals surface area contributed by atoms with E-state index in [9.17, 15) is 0 Å². The molecule has 6 heteroatoms. The number of pyridine rings is 1. The molecule has 0 radical (unpaired) electrons. The topological polar surface area (TPSA) is 69.6 Å². The highest BCUT2D eigenvalue weighted by Crippen LogP contribution is 2.39. The van der Waals surface area contributed by atoms with Crippen molar-refractivity contribution >= 4 is 54.5 Å². The lowest BCUT2D eigenvalue weighted by molar-refractivity contribution is 0.668. The summed E-state index contributed by atoms with van der Waals surface area (Å²) in [6, 6.07) is 65.7. The Morgan fingerprint density at radius 3 is 1.80 bits per heavy atom. The number of benzene rings is 8. The number of nitrogens with zero attached hydrogens (tertiary/aromatic N) is 5. The monoisotopic (exact) mass is 767 g/mol. The van der Waals surface area contributed by atoms with E-state index in [2.05, 4.69) is 173 Å². The molecule has 12 aromatic rings. The fourth-order valence-electron chi connectivity index (χ4n) is 8.74. The van der Waals surface area contributed by atoms with Crippen molar-refractivity contribution in [1.29, 1.82) is 0 Å². The zero-order valence-electron chi connectivity index (χ0n) is 32.2. The number of rotatable bonds is 6. The summed E-state index contributed by atoms with van der Waals surface area (Å²) in [7, 11) is 0. The lowest BCUT2D eigenvalue weighted by Gasteiger charge is -2.14. The van der Waals surface area contributed by atoms with E-state index in [1.54, 1.807) is 6.20 Å². The Hall–Kier alpha value is -8.22. The molecule has 12 rings (SSSR count). The highest BCUT2D eigenvalue weighted by molar-refractivity contribution is 6.12. The maximum atomic E-state index is 6.29. The number of fused-ring (bicyclic) bond motifs is 7. The number of hydrogen-bond acceptors (Lipinski definition) is 5. The van der Waals surface area contributed by atoms with Crippen LogP contribution in [0.5, 0.6) is 0 Å². The van der Waals surface area contributed by atoms with Crippen LogP contribution in [0.1, 0.15) is 0 Å². The predicted octanol–water partition coefficient (Wildman–Crippen LogP) is 13.8. The largest absolute Gasteiger partial charge is 0.456 e. The number of aromatic nitrogens is 5. The van der Waals surface area contributed by atoms with E-state index in [1.165, 1.54) is 32.9 Å². The molecule has 0 amide bonds. The SMILES string of the molecule is c1ccc(-c2ccc3cc(-c4nc(-c5ccccc5-c5cccc(-n6c7ccccc7c7ccccc76)c5)nc(-c5cccc6oc7ccncc7c56)n4)ccc3c2)cc1. The summed E-state index contributed by atoms with van der Waals surface area (Å²) >= 11 is 0. The first kappa shape index (κ1) is 33.9. The summed E-state index contributed by atoms with van der Waals surface area (Å²) in [5.41, 5.74) is 12.0. The third-order valence-corrected chi connectivity index (χ3v) is 11.5. The van der Waals surface area contributed by atoms with Gasteiger partial charge in [0.25, 0.3) is 0 Å². The van der Waals surface area contributed by atoms with Crippen LogP contribution < -0.4 is 0 Å². The van der Waals surface area contributed by atoms with Gasteiger partial charge in [-0.2, -0.15) is 0 Å². The molecule has 0 saturated carbocycles. The second-order valence-electron chi connectivity index (χ2n) is 15.1. The van der Waals surface area contributed by atoms with Gasteiger partial charge >= 0.3 is 0 Å². The second-order valence-corrected chi connectivity index (χ2v) is 15.1. The Balaban J connectivity index is 1.05. The van der Waals surface area contributed by atoms with Gasteiger partial charge in [-0.05, 0) is 81.6 Å². The van der Waals surface area contributed by atoms with Gasteiger partial charge in [0.1, 0.15) is 11.2 Å². The van der Waals surface area contributed by atoms with Crippen LogP contribution in [0.2, 0.25) is 0 Å². The van der Waals surface area contributed by atoms with Crippen LogP contribution in [-0.4, -0.2) is 24.5 Å². The fraction of sp³-hybridized carbons (Fsp3) is 0. The molecule has 6 nitrogen and oxygen atoms in total. The smallest absolute Gasteiger partial charge is 0.164 e. The van der Waals surface area contributed by atoms with E-state index in [0.717, 1.165) is 66.2 Å². The van der Waals surface area contributed by atoms with E-state index in [4.69, 9.17) is 19.4 Å². The summed E-state index contributed by atoms with van der Waals surface area (Å²) in [5.74, 6) is 1.72. The van der Waals surface area contributed by atoms with Crippen molar-refractivity contribution in [1.82, 2.24) is 24.5 Å². The van der Waals surface area contributed by atoms with Crippen LogP contribution in [-0.2, 0) is 0 Å². The Labute approximate surface area is 344 Å². The van der Waals surface area contributed by atoms with Crippen molar-refractivity contribution in [3.05, 3.63) is 200 Å². The molecular formula is C54H33N5O. The molecule has 0 saturated heterocycles. The third-order valence-electron chi connectivity index (χ3n) is 11.5. The lowest BCUT2D eigenvalue weighted by Crippen LogP contribution is -2.01. The van der Waals surface area contributed by atoms with E-state index in [0.29, 0.717) is 17.5 Å². The van der Waals surface area contributed by atoms with E-state index in [1.807, 2.05) is 30.5 Å². The Morgan fingerprint density at radius 2 is 1.00 bits per heavy atom. The van der Waals surface area contributed by atoms with Gasteiger partial charge in [0.05, 0.1) is 11.0 Å². The van der Waals surface area contributed by atoms with E-state index in [-0.39, 0.29) is 0 Å². The maximum Gasteiger partial charge on any atom is 0.164 e. The van der Waals surface area contributed by atoms with Gasteiger partial charge in [-0.1, -0.05) is 140 Å². The van der Waals surface area contributed by atoms with Crippen LogP contribution in [0, 0.1) is 0 Å². The van der Waals surface area contributed by atoms with E-state index < -0.39 is 0 Å². The minimum absolute atomic E-state index is 0.556. The van der Waals surface area contributed by atoms with Crippen LogP contribution in [0.4, 0.5) is 0 Å². The molecule has 0 spiro atoms. The molecule has 4 heterocycles. The molecule has 0 aliphatic carbocycles. The Bertz CT molecular complexity index is 3570. The first-order chi connectivity index (χ1) is 29.7. The molecular weight excluding hydrogens is 735 g/mol. The Morgan fingerprint density at radius 1 is 0.383 bits per heavy atom. The predicted molar refractivity (Wildman–Crippen MR) is 244 cm³/mol. The van der Waals surface area contributed by atoms with Crippen LogP contribution in [0.15, 0.2) is 205 Å². The molecule has 0 aliphatic heterocycles. The lowest BCUT2D eigenvalue weighted by atomic mass is 9.98. The summed E-state index contributed by atoms with van der Waals surface area (Å²) in [5, 5.41) is 6.53. The highest BCUT2D eigenvalue weighted by Gasteiger charge is 2.20. The second kappa shape index (κ2) is 13.7. The molecule has 0 fully saturated rings. The van der Waals surface area contributed by atoms with Crippen LogP contribution in [0.25, 0.3) is 117 Å². The summed E-state index contributed by atoms with van der Waals surface area (Å²) in [4.78, 5) is 20.2. The number of para-hydroxylation sites is 2. The molecule has 60 heavy (non-hydrogen) atoms. The van der Waals surface area contributed by atoms with Crippen molar-refractivity contribution in [2.45, 2.75) is 0 Å². The van der Waals surface area contributed by atoms with Gasteiger partial charge in [-0.15, -0.1) is 0 Å². The van der Waals surface area contributed by atoms with Crippen molar-refractivity contribution in [3.63, 3.8) is 0 Å². The van der Waals surface area contributed by atoms with Gasteiger partial charge in [0.2, 0.25) is 0 Å². The van der Waals surface area contributed by atoms with Gasteiger partial charge in [-0.3, -0.25) is 4.98 Å². The fourth-order valence-corrected chi connectivity index (χ4v) is 8.74. The number of hydrogen-bond donors (Lipinski definition) is 0. The zero-order chi connectivity index (χ0) is 39.6. The first-order valence-corrected chi connectivity index (χ1v) is 20.0. The maximum absolute atomic E-state index is 6.29. The van der Waals surface area contributed by atoms with Crippen LogP contribution >= 0.6 is 0 Å². The van der Waals surface area contributed by atoms with Crippen LogP contribution in [0.3, 0.4) is 0 Å². The first-order valence-electron chi connectivity index (χ1n) is 20.0. The van der Waals surface area contributed by atoms with Crippen molar-refractivity contribution < 1.29 is 4.42 Å². The molecule has 0 atom stereocenters. The molecule has 0 aliphatic rings. The van der Waals surface area contributed by atoms with Gasteiger partial charge in [-0.25, -0.2) is 15.0 Å². The van der Waals surface area contributed by atoms with Crippen molar-refractivity contribution in [2.75, 3.05) is 0 Å². The summed E-state index contributed by atoms with van der Waals surface area (Å²) in [6.45, 7) is 0. The molecule has 0 N–H and O–H groups in total. The average Bonchev–Trinajstić information content (AvgIpc) is 3.88. The molecule has 280 valence electrons. The van der Waals surface area contributed by atoms with Gasteiger partial charge < -0.3 is 8.98 Å². The minimum atomic E-state index is 0.556. The molecule has 0 bridgehead atoms. The summed E-state index contributed by atoms with van der Waals surface area (Å²) < 4.78 is 8.64. The molecule has 4 aromatic heterocycles. The zero-order valence-corrected chi connectivity index (χ0v) is 32.2. The van der Waals surface area contributed by atoms with Gasteiger partial charge in [0, 0.05) is 56.3 Å². The Kier molecular flexibility index (Phi) is 7.74. The average molecular weight is 768 g/mol. The van der Waals surface area contributed by atoms with Crippen molar-refractivity contribution in [2.24, 2.45) is 0 Å². The normalized spacial score (nSPS) is 11.7. The quantitative estimate of drug-likeness (QED) is 0.168. The number of furan rings is 1. The highest BCUT2D eigenvalue weighted by atomic mass is 16.3. The third kappa shape index (κ3) is 5.57. The molecule has 0 unspecified atom stereocenters. The minimum Gasteiger partial charge on any atom is -0.456 e. The van der Waals surface area contributed by atoms with E-state index >= 15 is 0 Å². The molecule has 8 aromatic carbocycles. The van der Waals surface area contributed by atoms with Crippen molar-refractivity contribution in [3.8, 4) is 62.1 Å².